The SMILES string of the molecule is Cc1noc(C2CC2)c1Cn1c(NC[C@H](C)O)nc2ccc(S(=O)(=O)NC3(C)CC3)cc2c1=O. The van der Waals surface area contributed by atoms with Crippen LogP contribution in [0.4, 0.5) is 5.95 Å². The van der Waals surface area contributed by atoms with Crippen LogP contribution in [0, 0.1) is 6.92 Å². The van der Waals surface area contributed by atoms with Crippen molar-refractivity contribution in [1.29, 1.82) is 0 Å². The summed E-state index contributed by atoms with van der Waals surface area (Å²) in [5.74, 6) is 1.38. The highest BCUT2D eigenvalue weighted by atomic mass is 32.2. The zero-order valence-electron chi connectivity index (χ0n) is 19.5. The van der Waals surface area contributed by atoms with E-state index in [4.69, 9.17) is 4.52 Å². The lowest BCUT2D eigenvalue weighted by Gasteiger charge is -2.17. The molecule has 2 heterocycles. The Kier molecular flexibility index (Phi) is 5.53. The highest BCUT2D eigenvalue weighted by Crippen LogP contribution is 2.42. The number of rotatable bonds is 9. The number of benzene rings is 1. The fourth-order valence-corrected chi connectivity index (χ4v) is 5.47. The number of nitrogens with zero attached hydrogens (tertiary/aromatic N) is 3. The summed E-state index contributed by atoms with van der Waals surface area (Å²) in [7, 11) is -3.77. The number of aryl methyl sites for hydroxylation is 1. The summed E-state index contributed by atoms with van der Waals surface area (Å²) in [6.45, 7) is 5.71. The van der Waals surface area contributed by atoms with Crippen LogP contribution in [-0.4, -0.2) is 46.4 Å². The van der Waals surface area contributed by atoms with Gasteiger partial charge in [-0.1, -0.05) is 5.16 Å². The summed E-state index contributed by atoms with van der Waals surface area (Å²) >= 11 is 0. The number of sulfonamides is 1. The lowest BCUT2D eigenvalue weighted by atomic mass is 10.1. The second kappa shape index (κ2) is 8.17. The van der Waals surface area contributed by atoms with Gasteiger partial charge in [0, 0.05) is 23.6 Å². The van der Waals surface area contributed by atoms with Crippen molar-refractivity contribution in [2.45, 2.75) is 75.5 Å². The molecule has 1 aromatic carbocycles. The molecular weight excluding hydrogens is 458 g/mol. The van der Waals surface area contributed by atoms with Gasteiger partial charge < -0.3 is 14.9 Å². The first kappa shape index (κ1) is 23.0. The predicted molar refractivity (Wildman–Crippen MR) is 126 cm³/mol. The van der Waals surface area contributed by atoms with Crippen LogP contribution in [0.25, 0.3) is 10.9 Å². The van der Waals surface area contributed by atoms with Crippen LogP contribution in [-0.2, 0) is 16.6 Å². The Bertz CT molecular complexity index is 1420. The van der Waals surface area contributed by atoms with Crippen LogP contribution < -0.4 is 15.6 Å². The molecular formula is C23H29N5O5S. The summed E-state index contributed by atoms with van der Waals surface area (Å²) in [5, 5.41) is 17.1. The van der Waals surface area contributed by atoms with E-state index in [9.17, 15) is 18.3 Å². The molecule has 0 spiro atoms. The van der Waals surface area contributed by atoms with Gasteiger partial charge in [0.1, 0.15) is 5.76 Å². The molecule has 0 saturated heterocycles. The molecule has 0 bridgehead atoms. The van der Waals surface area contributed by atoms with E-state index < -0.39 is 21.7 Å². The Hall–Kier alpha value is -2.76. The van der Waals surface area contributed by atoms with Crippen LogP contribution in [0.1, 0.15) is 62.5 Å². The second-order valence-electron chi connectivity index (χ2n) is 9.79. The van der Waals surface area contributed by atoms with Gasteiger partial charge in [-0.3, -0.25) is 9.36 Å². The monoisotopic (exact) mass is 487 g/mol. The van der Waals surface area contributed by atoms with Crippen LogP contribution in [0.15, 0.2) is 32.4 Å². The van der Waals surface area contributed by atoms with Crippen LogP contribution in [0.5, 0.6) is 0 Å². The largest absolute Gasteiger partial charge is 0.392 e. The molecule has 2 fully saturated rings. The number of hydrogen-bond acceptors (Lipinski definition) is 8. The quantitative estimate of drug-likeness (QED) is 0.418. The highest BCUT2D eigenvalue weighted by Gasteiger charge is 2.41. The fraction of sp³-hybridized carbons (Fsp3) is 0.522. The molecule has 10 nitrogen and oxygen atoms in total. The van der Waals surface area contributed by atoms with Crippen LogP contribution in [0.2, 0.25) is 0 Å². The van der Waals surface area contributed by atoms with E-state index in [-0.39, 0.29) is 28.9 Å². The van der Waals surface area contributed by atoms with Gasteiger partial charge in [-0.15, -0.1) is 0 Å². The molecule has 2 aromatic heterocycles. The third-order valence-electron chi connectivity index (χ3n) is 6.45. The molecule has 0 amide bonds. The van der Waals surface area contributed by atoms with Crippen molar-refractivity contribution in [1.82, 2.24) is 19.4 Å². The lowest BCUT2D eigenvalue weighted by molar-refractivity contribution is 0.208. The van der Waals surface area contributed by atoms with Gasteiger partial charge in [0.25, 0.3) is 5.56 Å². The standard InChI is InChI=1S/C23H29N5O5S/c1-13(29)11-24-22-25-19-7-6-16(34(31,32)27-23(3)8-9-23)10-17(19)21(30)28(22)12-18-14(2)26-33-20(18)15-4-5-15/h6-7,10,13,15,27,29H,4-5,8-9,11-12H2,1-3H3,(H,24,25)/t13-/m0/s1. The van der Waals surface area contributed by atoms with Crippen molar-refractivity contribution >= 4 is 26.9 Å². The zero-order valence-corrected chi connectivity index (χ0v) is 20.3. The van der Waals surface area contributed by atoms with Crippen LogP contribution >= 0.6 is 0 Å². The van der Waals surface area contributed by atoms with E-state index in [1.54, 1.807) is 13.0 Å². The average molecular weight is 488 g/mol. The molecule has 5 rings (SSSR count). The Balaban J connectivity index is 1.61. The van der Waals surface area contributed by atoms with Gasteiger partial charge in [-0.2, -0.15) is 0 Å². The first-order chi connectivity index (χ1) is 16.1. The third kappa shape index (κ3) is 4.47. The zero-order chi connectivity index (χ0) is 24.3. The average Bonchev–Trinajstić information content (AvgIpc) is 3.70. The van der Waals surface area contributed by atoms with Crippen molar-refractivity contribution in [2.24, 2.45) is 0 Å². The highest BCUT2D eigenvalue weighted by molar-refractivity contribution is 7.89. The normalized spacial score (nSPS) is 18.2. The Morgan fingerprint density at radius 2 is 2.06 bits per heavy atom. The molecule has 0 aliphatic heterocycles. The number of aliphatic hydroxyl groups excluding tert-OH is 1. The van der Waals surface area contributed by atoms with Crippen molar-refractivity contribution in [3.8, 4) is 0 Å². The third-order valence-corrected chi connectivity index (χ3v) is 8.09. The maximum Gasteiger partial charge on any atom is 0.263 e. The van der Waals surface area contributed by atoms with Gasteiger partial charge in [0.2, 0.25) is 16.0 Å². The van der Waals surface area contributed by atoms with Crippen molar-refractivity contribution in [3.05, 3.63) is 45.6 Å². The topological polar surface area (TPSA) is 139 Å². The van der Waals surface area contributed by atoms with Crippen molar-refractivity contribution < 1.29 is 18.0 Å². The lowest BCUT2D eigenvalue weighted by Crippen LogP contribution is -2.34. The second-order valence-corrected chi connectivity index (χ2v) is 11.5. The molecule has 2 saturated carbocycles. The molecule has 11 heteroatoms. The molecule has 3 aromatic rings. The number of nitrogens with one attached hydrogen (secondary N) is 2. The molecule has 0 radical (unpaired) electrons. The van der Waals surface area contributed by atoms with Gasteiger partial charge >= 0.3 is 0 Å². The smallest absolute Gasteiger partial charge is 0.263 e. The molecule has 1 atom stereocenters. The minimum Gasteiger partial charge on any atom is -0.392 e. The van der Waals surface area contributed by atoms with Gasteiger partial charge in [-0.25, -0.2) is 18.1 Å². The van der Waals surface area contributed by atoms with Gasteiger partial charge in [0.05, 0.1) is 34.1 Å². The van der Waals surface area contributed by atoms with E-state index in [1.165, 1.54) is 16.7 Å². The fourth-order valence-electron chi connectivity index (χ4n) is 3.98. The molecule has 182 valence electrons. The van der Waals surface area contributed by atoms with E-state index in [0.717, 1.165) is 37.0 Å². The number of aliphatic hydroxyl groups is 1. The summed E-state index contributed by atoms with van der Waals surface area (Å²) in [6, 6.07) is 4.38. The Morgan fingerprint density at radius 3 is 2.71 bits per heavy atom. The number of aromatic nitrogens is 3. The summed E-state index contributed by atoms with van der Waals surface area (Å²) < 4.78 is 35.5. The molecule has 3 N–H and O–H groups in total. The first-order valence-electron chi connectivity index (χ1n) is 11.5. The Morgan fingerprint density at radius 1 is 1.32 bits per heavy atom. The molecule has 2 aliphatic rings. The predicted octanol–water partition coefficient (Wildman–Crippen LogP) is 2.24. The van der Waals surface area contributed by atoms with Crippen molar-refractivity contribution in [3.63, 3.8) is 0 Å². The summed E-state index contributed by atoms with van der Waals surface area (Å²) in [6.07, 6.45) is 2.96. The molecule has 2 aliphatic carbocycles. The minimum atomic E-state index is -3.77. The van der Waals surface area contributed by atoms with Gasteiger partial charge in [0.15, 0.2) is 0 Å². The number of anilines is 1. The summed E-state index contributed by atoms with van der Waals surface area (Å²) in [5.41, 5.74) is 1.10. The maximum atomic E-state index is 13.7. The van der Waals surface area contributed by atoms with E-state index in [2.05, 4.69) is 20.2 Å². The van der Waals surface area contributed by atoms with E-state index >= 15 is 0 Å². The van der Waals surface area contributed by atoms with Crippen LogP contribution in [0.3, 0.4) is 0 Å². The minimum absolute atomic E-state index is 0.0306. The first-order valence-corrected chi connectivity index (χ1v) is 13.0. The van der Waals surface area contributed by atoms with E-state index in [1.807, 2.05) is 13.8 Å². The molecule has 34 heavy (non-hydrogen) atoms. The number of fused-ring (bicyclic) bond motifs is 1. The maximum absolute atomic E-state index is 13.7. The molecule has 0 unspecified atom stereocenters. The van der Waals surface area contributed by atoms with Gasteiger partial charge in [-0.05, 0) is 64.7 Å². The van der Waals surface area contributed by atoms with E-state index in [0.29, 0.717) is 23.1 Å². The summed E-state index contributed by atoms with van der Waals surface area (Å²) in [4.78, 5) is 18.3. The number of hydrogen-bond donors (Lipinski definition) is 3. The Labute approximate surface area is 197 Å². The van der Waals surface area contributed by atoms with Crippen molar-refractivity contribution in [2.75, 3.05) is 11.9 Å².